The highest BCUT2D eigenvalue weighted by atomic mass is 127. The van der Waals surface area contributed by atoms with Crippen molar-refractivity contribution >= 4 is 60.4 Å². The fraction of sp³-hybridized carbons (Fsp3) is 0.500. The fourth-order valence-electron chi connectivity index (χ4n) is 2.09. The summed E-state index contributed by atoms with van der Waals surface area (Å²) in [4.78, 5) is 14.7. The van der Waals surface area contributed by atoms with E-state index < -0.39 is 0 Å². The molecule has 0 fully saturated rings. The van der Waals surface area contributed by atoms with Gasteiger partial charge in [0.05, 0.1) is 5.56 Å². The predicted octanol–water partition coefficient (Wildman–Crippen LogP) is 5.08. The average Bonchev–Trinajstić information content (AvgIpc) is 2.41. The molecule has 19 heavy (non-hydrogen) atoms. The number of benzene rings is 1. The summed E-state index contributed by atoms with van der Waals surface area (Å²) in [6.07, 6.45) is 1.97. The largest absolute Gasteiger partial charge is 0.335 e. The molecule has 0 spiro atoms. The Morgan fingerprint density at radius 3 is 2.53 bits per heavy atom. The van der Waals surface area contributed by atoms with E-state index in [-0.39, 0.29) is 5.91 Å². The van der Waals surface area contributed by atoms with E-state index >= 15 is 0 Å². The van der Waals surface area contributed by atoms with Gasteiger partial charge in [0.2, 0.25) is 0 Å². The summed E-state index contributed by atoms with van der Waals surface area (Å²) < 4.78 is 1.94. The maximum Gasteiger partial charge on any atom is 0.255 e. The van der Waals surface area contributed by atoms with E-state index in [9.17, 15) is 4.79 Å². The molecule has 0 heterocycles. The minimum Gasteiger partial charge on any atom is -0.335 e. The van der Waals surface area contributed by atoms with Crippen molar-refractivity contribution in [1.29, 1.82) is 0 Å². The van der Waals surface area contributed by atoms with Crippen molar-refractivity contribution in [2.24, 2.45) is 0 Å². The second kappa shape index (κ2) is 8.62. The Morgan fingerprint density at radius 1 is 1.37 bits per heavy atom. The van der Waals surface area contributed by atoms with E-state index in [2.05, 4.69) is 68.3 Å². The van der Waals surface area contributed by atoms with Gasteiger partial charge in [-0.25, -0.2) is 0 Å². The second-order valence-electron chi connectivity index (χ2n) is 4.28. The van der Waals surface area contributed by atoms with Gasteiger partial charge < -0.3 is 4.90 Å². The molecule has 0 N–H and O–H groups in total. The van der Waals surface area contributed by atoms with Crippen LogP contribution in [0.15, 0.2) is 22.7 Å². The molecule has 0 saturated heterocycles. The first kappa shape index (κ1) is 17.4. The lowest BCUT2D eigenvalue weighted by atomic mass is 10.1. The molecule has 0 unspecified atom stereocenters. The zero-order valence-electron chi connectivity index (χ0n) is 11.1. The summed E-state index contributed by atoms with van der Waals surface area (Å²) >= 11 is 9.11. The lowest BCUT2D eigenvalue weighted by molar-refractivity contribution is 0.0682. The van der Waals surface area contributed by atoms with Crippen LogP contribution in [0.3, 0.4) is 0 Å². The summed E-state index contributed by atoms with van der Waals surface area (Å²) in [5.41, 5.74) is 0.780. The Kier molecular flexibility index (Phi) is 7.91. The number of carbonyl (C=O) groups excluding carboxylic acids is 1. The quantitative estimate of drug-likeness (QED) is 0.392. The van der Waals surface area contributed by atoms with Crippen molar-refractivity contribution in [3.05, 3.63) is 31.8 Å². The SMILES string of the molecule is CCC(CC)N(CCBr)C(=O)c1cc(Br)ccc1I. The van der Waals surface area contributed by atoms with Crippen LogP contribution in [-0.2, 0) is 0 Å². The Bertz CT molecular complexity index is 435. The van der Waals surface area contributed by atoms with Crippen LogP contribution in [-0.4, -0.2) is 28.7 Å². The standard InChI is InChI=1S/C14H18Br2INO/c1-3-11(4-2)18(8-7-15)14(19)12-9-10(16)5-6-13(12)17/h5-6,9,11H,3-4,7-8H2,1-2H3. The number of alkyl halides is 1. The molecule has 1 aromatic carbocycles. The van der Waals surface area contributed by atoms with Crippen LogP contribution >= 0.6 is 54.5 Å². The molecule has 0 radical (unpaired) electrons. The first-order valence-electron chi connectivity index (χ1n) is 6.37. The molecular formula is C14H18Br2INO. The topological polar surface area (TPSA) is 20.3 Å². The van der Waals surface area contributed by atoms with E-state index in [1.807, 2.05) is 23.1 Å². The van der Waals surface area contributed by atoms with Crippen molar-refractivity contribution in [3.8, 4) is 0 Å². The number of hydrogen-bond acceptors (Lipinski definition) is 1. The van der Waals surface area contributed by atoms with Crippen LogP contribution < -0.4 is 0 Å². The Morgan fingerprint density at radius 2 is 2.00 bits per heavy atom. The number of amides is 1. The van der Waals surface area contributed by atoms with Crippen LogP contribution in [0, 0.1) is 3.57 Å². The average molecular weight is 503 g/mol. The maximum absolute atomic E-state index is 12.7. The van der Waals surface area contributed by atoms with E-state index in [1.54, 1.807) is 0 Å². The Balaban J connectivity index is 3.08. The molecule has 0 bridgehead atoms. The zero-order valence-corrected chi connectivity index (χ0v) is 16.5. The van der Waals surface area contributed by atoms with Gasteiger partial charge in [0.25, 0.3) is 5.91 Å². The summed E-state index contributed by atoms with van der Waals surface area (Å²) in [7, 11) is 0. The van der Waals surface area contributed by atoms with Crippen LogP contribution in [0.25, 0.3) is 0 Å². The molecule has 0 saturated carbocycles. The highest BCUT2D eigenvalue weighted by Crippen LogP contribution is 2.22. The van der Waals surface area contributed by atoms with Crippen molar-refractivity contribution in [2.45, 2.75) is 32.7 Å². The van der Waals surface area contributed by atoms with Gasteiger partial charge in [0.1, 0.15) is 0 Å². The Labute approximate surface area is 145 Å². The highest BCUT2D eigenvalue weighted by Gasteiger charge is 2.23. The number of rotatable bonds is 6. The molecule has 106 valence electrons. The number of nitrogens with zero attached hydrogens (tertiary/aromatic N) is 1. The monoisotopic (exact) mass is 501 g/mol. The molecular weight excluding hydrogens is 485 g/mol. The van der Waals surface area contributed by atoms with Gasteiger partial charge in [-0.3, -0.25) is 4.79 Å². The minimum absolute atomic E-state index is 0.124. The molecule has 0 atom stereocenters. The van der Waals surface area contributed by atoms with Gasteiger partial charge in [0.15, 0.2) is 0 Å². The van der Waals surface area contributed by atoms with Gasteiger partial charge in [-0.05, 0) is 53.6 Å². The van der Waals surface area contributed by atoms with E-state index in [0.29, 0.717) is 6.04 Å². The van der Waals surface area contributed by atoms with Crippen molar-refractivity contribution in [2.75, 3.05) is 11.9 Å². The third-order valence-electron chi connectivity index (χ3n) is 3.13. The number of hydrogen-bond donors (Lipinski definition) is 0. The van der Waals surface area contributed by atoms with Gasteiger partial charge >= 0.3 is 0 Å². The molecule has 0 aliphatic rings. The predicted molar refractivity (Wildman–Crippen MR) is 96.1 cm³/mol. The van der Waals surface area contributed by atoms with E-state index in [0.717, 1.165) is 38.3 Å². The minimum atomic E-state index is 0.124. The normalized spacial score (nSPS) is 10.8. The Hall–Kier alpha value is 0.380. The lowest BCUT2D eigenvalue weighted by Crippen LogP contribution is -2.41. The molecule has 1 aromatic rings. The fourth-order valence-corrected chi connectivity index (χ4v) is 3.40. The van der Waals surface area contributed by atoms with Crippen molar-refractivity contribution in [3.63, 3.8) is 0 Å². The summed E-state index contributed by atoms with van der Waals surface area (Å²) in [5, 5.41) is 0.805. The van der Waals surface area contributed by atoms with E-state index in [4.69, 9.17) is 0 Å². The lowest BCUT2D eigenvalue weighted by Gasteiger charge is -2.30. The molecule has 0 aliphatic carbocycles. The van der Waals surface area contributed by atoms with Gasteiger partial charge in [-0.2, -0.15) is 0 Å². The molecule has 1 amide bonds. The second-order valence-corrected chi connectivity index (χ2v) is 7.15. The first-order valence-corrected chi connectivity index (χ1v) is 9.36. The third-order valence-corrected chi connectivity index (χ3v) is 4.92. The first-order chi connectivity index (χ1) is 9.04. The number of halogens is 3. The smallest absolute Gasteiger partial charge is 0.255 e. The highest BCUT2D eigenvalue weighted by molar-refractivity contribution is 14.1. The summed E-state index contributed by atoms with van der Waals surface area (Å²) in [6.45, 7) is 5.01. The molecule has 0 aromatic heterocycles. The van der Waals surface area contributed by atoms with Gasteiger partial charge in [-0.1, -0.05) is 45.7 Å². The van der Waals surface area contributed by atoms with Gasteiger partial charge in [-0.15, -0.1) is 0 Å². The number of carbonyl (C=O) groups is 1. The van der Waals surface area contributed by atoms with Crippen LogP contribution in [0.5, 0.6) is 0 Å². The van der Waals surface area contributed by atoms with Crippen LogP contribution in [0.2, 0.25) is 0 Å². The molecule has 2 nitrogen and oxygen atoms in total. The van der Waals surface area contributed by atoms with Crippen molar-refractivity contribution in [1.82, 2.24) is 4.90 Å². The molecule has 5 heteroatoms. The van der Waals surface area contributed by atoms with Gasteiger partial charge in [0, 0.05) is 26.0 Å². The maximum atomic E-state index is 12.7. The molecule has 1 rings (SSSR count). The zero-order chi connectivity index (χ0) is 14.4. The third kappa shape index (κ3) is 4.70. The van der Waals surface area contributed by atoms with Crippen LogP contribution in [0.4, 0.5) is 0 Å². The summed E-state index contributed by atoms with van der Waals surface area (Å²) in [6, 6.07) is 6.15. The molecule has 0 aliphatic heterocycles. The van der Waals surface area contributed by atoms with E-state index in [1.165, 1.54) is 0 Å². The summed E-state index contributed by atoms with van der Waals surface area (Å²) in [5.74, 6) is 0.124. The van der Waals surface area contributed by atoms with Crippen LogP contribution in [0.1, 0.15) is 37.0 Å². The van der Waals surface area contributed by atoms with Crippen molar-refractivity contribution < 1.29 is 4.79 Å².